The topological polar surface area (TPSA) is 66.4 Å². The first-order valence-corrected chi connectivity index (χ1v) is 7.91. The molecule has 0 spiro atoms. The number of halogens is 2. The second kappa shape index (κ2) is 7.22. The Kier molecular flexibility index (Phi) is 6.20. The van der Waals surface area contributed by atoms with Crippen LogP contribution in [-0.4, -0.2) is 23.5 Å². The van der Waals surface area contributed by atoms with Crippen molar-refractivity contribution >= 4 is 43.7 Å². The zero-order chi connectivity index (χ0) is 15.3. The highest BCUT2D eigenvalue weighted by Crippen LogP contribution is 2.26. The van der Waals surface area contributed by atoms with Crippen molar-refractivity contribution in [2.75, 3.05) is 6.54 Å². The predicted molar refractivity (Wildman–Crippen MR) is 84.8 cm³/mol. The van der Waals surface area contributed by atoms with Gasteiger partial charge in [-0.2, -0.15) is 0 Å². The number of hydrogen-bond acceptors (Lipinski definition) is 2. The molecule has 1 rings (SSSR count). The van der Waals surface area contributed by atoms with Crippen molar-refractivity contribution in [3.05, 3.63) is 32.7 Å². The summed E-state index contributed by atoms with van der Waals surface area (Å²) in [6, 6.07) is 5.28. The number of carbonyl (C=O) groups excluding carboxylic acids is 1. The van der Waals surface area contributed by atoms with Crippen LogP contribution in [0.5, 0.6) is 0 Å². The number of nitrogens with one attached hydrogen (secondary N) is 1. The Morgan fingerprint density at radius 1 is 1.25 bits per heavy atom. The number of carboxylic acid groups (broad SMARTS) is 1. The van der Waals surface area contributed by atoms with Crippen LogP contribution >= 0.6 is 31.9 Å². The molecule has 0 aliphatic carbocycles. The van der Waals surface area contributed by atoms with Crippen LogP contribution in [-0.2, 0) is 4.79 Å². The molecule has 0 radical (unpaired) electrons. The van der Waals surface area contributed by atoms with Gasteiger partial charge in [0.25, 0.3) is 5.91 Å². The molecule has 4 nitrogen and oxygen atoms in total. The molecule has 20 heavy (non-hydrogen) atoms. The fourth-order valence-electron chi connectivity index (χ4n) is 1.89. The van der Waals surface area contributed by atoms with E-state index >= 15 is 0 Å². The van der Waals surface area contributed by atoms with E-state index < -0.39 is 11.4 Å². The Hall–Kier alpha value is -0.880. The first-order valence-electron chi connectivity index (χ1n) is 6.33. The maximum Gasteiger partial charge on any atom is 0.311 e. The smallest absolute Gasteiger partial charge is 0.311 e. The van der Waals surface area contributed by atoms with E-state index in [4.69, 9.17) is 0 Å². The van der Waals surface area contributed by atoms with Gasteiger partial charge in [0.15, 0.2) is 0 Å². The number of rotatable bonds is 6. The number of hydrogen-bond donors (Lipinski definition) is 2. The van der Waals surface area contributed by atoms with Crippen LogP contribution in [0.25, 0.3) is 0 Å². The molecule has 0 aliphatic heterocycles. The molecule has 0 aromatic heterocycles. The molecular formula is C14H17Br2NO3. The number of aliphatic carboxylic acids is 1. The summed E-state index contributed by atoms with van der Waals surface area (Å²) in [5.41, 5.74) is -0.431. The Morgan fingerprint density at radius 2 is 1.85 bits per heavy atom. The van der Waals surface area contributed by atoms with Crippen LogP contribution in [0.1, 0.15) is 37.0 Å². The van der Waals surface area contributed by atoms with Crippen LogP contribution in [0.3, 0.4) is 0 Å². The lowest BCUT2D eigenvalue weighted by molar-refractivity contribution is -0.149. The molecule has 0 unspecified atom stereocenters. The van der Waals surface area contributed by atoms with Gasteiger partial charge in [-0.15, -0.1) is 0 Å². The van der Waals surface area contributed by atoms with Crippen LogP contribution in [0.4, 0.5) is 0 Å². The minimum atomic E-state index is -0.909. The highest BCUT2D eigenvalue weighted by atomic mass is 79.9. The van der Waals surface area contributed by atoms with Crippen molar-refractivity contribution in [3.8, 4) is 0 Å². The van der Waals surface area contributed by atoms with Gasteiger partial charge in [0, 0.05) is 15.5 Å². The quantitative estimate of drug-likeness (QED) is 0.754. The van der Waals surface area contributed by atoms with Gasteiger partial charge < -0.3 is 10.4 Å². The summed E-state index contributed by atoms with van der Waals surface area (Å²) in [6.07, 6.45) is 0.942. The van der Waals surface area contributed by atoms with Gasteiger partial charge in [0.05, 0.1) is 11.0 Å². The molecule has 1 aromatic carbocycles. The largest absolute Gasteiger partial charge is 0.481 e. The van der Waals surface area contributed by atoms with Crippen molar-refractivity contribution in [1.82, 2.24) is 5.32 Å². The third-order valence-corrected chi connectivity index (χ3v) is 4.75. The average molecular weight is 407 g/mol. The number of carboxylic acids is 1. The molecule has 0 atom stereocenters. The summed E-state index contributed by atoms with van der Waals surface area (Å²) in [7, 11) is 0. The van der Waals surface area contributed by atoms with Gasteiger partial charge >= 0.3 is 5.97 Å². The van der Waals surface area contributed by atoms with E-state index in [1.807, 2.05) is 19.9 Å². The summed E-state index contributed by atoms with van der Waals surface area (Å²) in [4.78, 5) is 23.5. The zero-order valence-corrected chi connectivity index (χ0v) is 14.5. The predicted octanol–water partition coefficient (Wildman–Crippen LogP) is 3.83. The zero-order valence-electron chi connectivity index (χ0n) is 11.4. The summed E-state index contributed by atoms with van der Waals surface area (Å²) < 4.78 is 1.47. The van der Waals surface area contributed by atoms with E-state index in [1.54, 1.807) is 12.1 Å². The highest BCUT2D eigenvalue weighted by Gasteiger charge is 2.35. The molecular weight excluding hydrogens is 390 g/mol. The summed E-state index contributed by atoms with van der Waals surface area (Å²) in [5.74, 6) is -1.16. The average Bonchev–Trinajstić information content (AvgIpc) is 2.42. The molecule has 0 bridgehead atoms. The second-order valence-electron chi connectivity index (χ2n) is 4.60. The Bertz CT molecular complexity index is 513. The van der Waals surface area contributed by atoms with E-state index in [2.05, 4.69) is 37.2 Å². The lowest BCUT2D eigenvalue weighted by atomic mass is 9.82. The lowest BCUT2D eigenvalue weighted by Crippen LogP contribution is -2.42. The van der Waals surface area contributed by atoms with E-state index in [1.165, 1.54) is 0 Å². The molecule has 1 amide bonds. The molecule has 6 heteroatoms. The Labute approximate surface area is 135 Å². The van der Waals surface area contributed by atoms with Crippen molar-refractivity contribution in [2.45, 2.75) is 26.7 Å². The third kappa shape index (κ3) is 3.82. The van der Waals surface area contributed by atoms with Gasteiger partial charge in [-0.3, -0.25) is 9.59 Å². The number of benzene rings is 1. The molecule has 0 heterocycles. The molecule has 0 saturated heterocycles. The molecule has 0 fully saturated rings. The van der Waals surface area contributed by atoms with Gasteiger partial charge in [0.1, 0.15) is 0 Å². The first kappa shape index (κ1) is 17.2. The third-order valence-electron chi connectivity index (χ3n) is 3.57. The van der Waals surface area contributed by atoms with Gasteiger partial charge in [-0.1, -0.05) is 29.8 Å². The standard InChI is InChI=1S/C14H17Br2NO3/c1-3-14(4-2,13(19)20)8-17-12(18)10-7-9(15)5-6-11(10)16/h5-7H,3-4,8H2,1-2H3,(H,17,18)(H,19,20). The fraction of sp³-hybridized carbons (Fsp3) is 0.429. The van der Waals surface area contributed by atoms with Gasteiger partial charge in [-0.25, -0.2) is 0 Å². The summed E-state index contributed by atoms with van der Waals surface area (Å²) in [6.45, 7) is 3.75. The molecule has 0 aliphatic rings. The van der Waals surface area contributed by atoms with Crippen molar-refractivity contribution in [1.29, 1.82) is 0 Å². The van der Waals surface area contributed by atoms with E-state index in [-0.39, 0.29) is 12.5 Å². The lowest BCUT2D eigenvalue weighted by Gasteiger charge is -2.26. The molecule has 2 N–H and O–H groups in total. The van der Waals surface area contributed by atoms with Crippen LogP contribution in [0.2, 0.25) is 0 Å². The first-order chi connectivity index (χ1) is 9.36. The number of amides is 1. The van der Waals surface area contributed by atoms with Crippen molar-refractivity contribution in [2.24, 2.45) is 5.41 Å². The van der Waals surface area contributed by atoms with E-state index in [0.29, 0.717) is 22.9 Å². The maximum absolute atomic E-state index is 12.2. The van der Waals surface area contributed by atoms with Crippen LogP contribution < -0.4 is 5.32 Å². The maximum atomic E-state index is 12.2. The molecule has 1 aromatic rings. The van der Waals surface area contributed by atoms with Gasteiger partial charge in [0.2, 0.25) is 0 Å². The minimum absolute atomic E-state index is 0.118. The van der Waals surface area contributed by atoms with Crippen LogP contribution in [0, 0.1) is 5.41 Å². The SMILES string of the molecule is CCC(CC)(CNC(=O)c1cc(Br)ccc1Br)C(=O)O. The van der Waals surface area contributed by atoms with Gasteiger partial charge in [-0.05, 0) is 47.0 Å². The molecule has 110 valence electrons. The number of carbonyl (C=O) groups is 2. The second-order valence-corrected chi connectivity index (χ2v) is 6.37. The normalized spacial score (nSPS) is 11.2. The fourth-order valence-corrected chi connectivity index (χ4v) is 2.68. The van der Waals surface area contributed by atoms with Crippen LogP contribution in [0.15, 0.2) is 27.1 Å². The van der Waals surface area contributed by atoms with E-state index in [0.717, 1.165) is 4.47 Å². The minimum Gasteiger partial charge on any atom is -0.481 e. The summed E-state index contributed by atoms with van der Waals surface area (Å²) >= 11 is 6.63. The Morgan fingerprint density at radius 3 is 2.35 bits per heavy atom. The van der Waals surface area contributed by atoms with Crippen molar-refractivity contribution < 1.29 is 14.7 Å². The highest BCUT2D eigenvalue weighted by molar-refractivity contribution is 9.11. The van der Waals surface area contributed by atoms with E-state index in [9.17, 15) is 14.7 Å². The Balaban J connectivity index is 2.86. The monoisotopic (exact) mass is 405 g/mol. The molecule has 0 saturated carbocycles. The summed E-state index contributed by atoms with van der Waals surface area (Å²) in [5, 5.41) is 12.1. The van der Waals surface area contributed by atoms with Crippen molar-refractivity contribution in [3.63, 3.8) is 0 Å².